The molecule has 98 valence electrons. The van der Waals surface area contributed by atoms with Gasteiger partial charge in [0, 0.05) is 18.9 Å². The molecule has 0 radical (unpaired) electrons. The number of rotatable bonds is 5. The summed E-state index contributed by atoms with van der Waals surface area (Å²) >= 11 is 1.67. The molecule has 0 aliphatic heterocycles. The van der Waals surface area contributed by atoms with Crippen LogP contribution in [0.2, 0.25) is 0 Å². The van der Waals surface area contributed by atoms with E-state index in [0.29, 0.717) is 5.92 Å². The van der Waals surface area contributed by atoms with Gasteiger partial charge in [0.2, 0.25) is 4.96 Å². The van der Waals surface area contributed by atoms with Crippen molar-refractivity contribution >= 4 is 16.3 Å². The van der Waals surface area contributed by atoms with Gasteiger partial charge in [-0.3, -0.25) is 0 Å². The van der Waals surface area contributed by atoms with Gasteiger partial charge in [0.15, 0.2) is 5.82 Å². The fourth-order valence-corrected chi connectivity index (χ4v) is 3.42. The van der Waals surface area contributed by atoms with Crippen LogP contribution < -0.4 is 5.32 Å². The number of hydrogen-bond acceptors (Lipinski definition) is 5. The molecule has 1 aliphatic rings. The Balaban J connectivity index is 1.79. The Bertz CT molecular complexity index is 511. The molecule has 5 nitrogen and oxygen atoms in total. The first-order valence-corrected chi connectivity index (χ1v) is 7.62. The van der Waals surface area contributed by atoms with E-state index < -0.39 is 0 Å². The number of fused-ring (bicyclic) bond motifs is 1. The second-order valence-electron chi connectivity index (χ2n) is 4.83. The molecule has 0 saturated heterocycles. The first-order valence-electron chi connectivity index (χ1n) is 6.80. The van der Waals surface area contributed by atoms with Crippen molar-refractivity contribution in [3.63, 3.8) is 0 Å². The van der Waals surface area contributed by atoms with Crippen LogP contribution in [0.5, 0.6) is 0 Å². The zero-order valence-electron chi connectivity index (χ0n) is 10.7. The maximum Gasteiger partial charge on any atom is 0.234 e. The molecule has 2 heterocycles. The van der Waals surface area contributed by atoms with Gasteiger partial charge in [0.05, 0.1) is 0 Å². The van der Waals surface area contributed by atoms with Crippen LogP contribution in [-0.2, 0) is 6.42 Å². The molecule has 0 aromatic carbocycles. The SMILES string of the molecule is CCNCCc1nn2c(C3CCCC3)nnc2s1. The van der Waals surface area contributed by atoms with Crippen LogP contribution >= 0.6 is 11.3 Å². The van der Waals surface area contributed by atoms with Crippen LogP contribution in [0.4, 0.5) is 0 Å². The molecule has 1 fully saturated rings. The fraction of sp³-hybridized carbons (Fsp3) is 0.750. The summed E-state index contributed by atoms with van der Waals surface area (Å²) in [7, 11) is 0. The van der Waals surface area contributed by atoms with Crippen molar-refractivity contribution in [1.29, 1.82) is 0 Å². The van der Waals surface area contributed by atoms with Gasteiger partial charge < -0.3 is 5.32 Å². The van der Waals surface area contributed by atoms with E-state index >= 15 is 0 Å². The monoisotopic (exact) mass is 265 g/mol. The van der Waals surface area contributed by atoms with E-state index in [1.165, 1.54) is 25.7 Å². The minimum atomic E-state index is 0.573. The fourth-order valence-electron chi connectivity index (χ4n) is 2.58. The summed E-state index contributed by atoms with van der Waals surface area (Å²) in [6, 6.07) is 0. The molecule has 2 aromatic heterocycles. The third-order valence-electron chi connectivity index (χ3n) is 3.54. The topological polar surface area (TPSA) is 55.1 Å². The van der Waals surface area contributed by atoms with Crippen molar-refractivity contribution in [2.75, 3.05) is 13.1 Å². The molecule has 6 heteroatoms. The predicted octanol–water partition coefficient (Wildman–Crippen LogP) is 2.00. The average molecular weight is 265 g/mol. The van der Waals surface area contributed by atoms with Crippen molar-refractivity contribution in [2.45, 2.75) is 44.9 Å². The Kier molecular flexibility index (Phi) is 3.56. The molecule has 3 rings (SSSR count). The molecule has 0 bridgehead atoms. The van der Waals surface area contributed by atoms with Crippen molar-refractivity contribution in [3.8, 4) is 0 Å². The van der Waals surface area contributed by atoms with Crippen LogP contribution in [0.25, 0.3) is 4.96 Å². The highest BCUT2D eigenvalue weighted by molar-refractivity contribution is 7.16. The van der Waals surface area contributed by atoms with Gasteiger partial charge in [-0.25, -0.2) is 0 Å². The third-order valence-corrected chi connectivity index (χ3v) is 4.50. The highest BCUT2D eigenvalue weighted by Gasteiger charge is 2.23. The molecule has 0 unspecified atom stereocenters. The second kappa shape index (κ2) is 5.32. The van der Waals surface area contributed by atoms with E-state index in [9.17, 15) is 0 Å². The quantitative estimate of drug-likeness (QED) is 0.840. The van der Waals surface area contributed by atoms with Gasteiger partial charge in [-0.15, -0.1) is 10.2 Å². The lowest BCUT2D eigenvalue weighted by molar-refractivity contribution is 0.634. The molecule has 1 saturated carbocycles. The summed E-state index contributed by atoms with van der Waals surface area (Å²) in [5, 5.41) is 17.7. The molecule has 2 aromatic rings. The number of nitrogens with one attached hydrogen (secondary N) is 1. The van der Waals surface area contributed by atoms with E-state index in [0.717, 1.165) is 35.3 Å². The number of hydrogen-bond donors (Lipinski definition) is 1. The first-order chi connectivity index (χ1) is 8.88. The molecular weight excluding hydrogens is 246 g/mol. The molecule has 1 aliphatic carbocycles. The first kappa shape index (κ1) is 12.0. The van der Waals surface area contributed by atoms with E-state index in [1.807, 2.05) is 4.52 Å². The molecule has 0 spiro atoms. The van der Waals surface area contributed by atoms with Gasteiger partial charge in [-0.2, -0.15) is 9.61 Å². The molecule has 0 atom stereocenters. The van der Waals surface area contributed by atoms with Crippen molar-refractivity contribution in [3.05, 3.63) is 10.8 Å². The van der Waals surface area contributed by atoms with Crippen molar-refractivity contribution in [1.82, 2.24) is 25.1 Å². The minimum absolute atomic E-state index is 0.573. The lowest BCUT2D eigenvalue weighted by Crippen LogP contribution is -2.16. The Labute approximate surface area is 111 Å². The smallest absolute Gasteiger partial charge is 0.234 e. The number of nitrogens with zero attached hydrogens (tertiary/aromatic N) is 4. The van der Waals surface area contributed by atoms with Gasteiger partial charge >= 0.3 is 0 Å². The summed E-state index contributed by atoms with van der Waals surface area (Å²) in [6.45, 7) is 4.12. The Hall–Kier alpha value is -1.01. The van der Waals surface area contributed by atoms with E-state index in [4.69, 9.17) is 0 Å². The van der Waals surface area contributed by atoms with Crippen LogP contribution in [0.1, 0.15) is 49.4 Å². The van der Waals surface area contributed by atoms with Crippen molar-refractivity contribution in [2.24, 2.45) is 0 Å². The molecule has 1 N–H and O–H groups in total. The molecular formula is C12H19N5S. The Morgan fingerprint density at radius 2 is 2.17 bits per heavy atom. The second-order valence-corrected chi connectivity index (χ2v) is 5.87. The zero-order valence-corrected chi connectivity index (χ0v) is 11.5. The van der Waals surface area contributed by atoms with Crippen LogP contribution in [-0.4, -0.2) is 32.9 Å². The number of likely N-dealkylation sites (N-methyl/N-ethyl adjacent to an activating group) is 1. The highest BCUT2D eigenvalue weighted by Crippen LogP contribution is 2.33. The zero-order chi connectivity index (χ0) is 12.4. The maximum atomic E-state index is 4.66. The largest absolute Gasteiger partial charge is 0.317 e. The summed E-state index contributed by atoms with van der Waals surface area (Å²) in [5.74, 6) is 1.65. The standard InChI is InChI=1S/C12H19N5S/c1-2-13-8-7-10-16-17-11(9-5-3-4-6-9)14-15-12(17)18-10/h9,13H,2-8H2,1H3. The summed E-state index contributed by atoms with van der Waals surface area (Å²) in [5.41, 5.74) is 0. The lowest BCUT2D eigenvalue weighted by Gasteiger charge is -2.03. The van der Waals surface area contributed by atoms with Gasteiger partial charge in [0.25, 0.3) is 0 Å². The van der Waals surface area contributed by atoms with E-state index in [1.54, 1.807) is 11.3 Å². The van der Waals surface area contributed by atoms with Crippen LogP contribution in [0.3, 0.4) is 0 Å². The normalized spacial score (nSPS) is 16.9. The summed E-state index contributed by atoms with van der Waals surface area (Å²) in [6.07, 6.45) is 6.09. The number of aromatic nitrogens is 4. The van der Waals surface area contributed by atoms with E-state index in [-0.39, 0.29) is 0 Å². The lowest BCUT2D eigenvalue weighted by atomic mass is 10.1. The van der Waals surface area contributed by atoms with Gasteiger partial charge in [-0.05, 0) is 19.4 Å². The molecule has 0 amide bonds. The summed E-state index contributed by atoms with van der Waals surface area (Å²) < 4.78 is 1.97. The minimum Gasteiger partial charge on any atom is -0.317 e. The predicted molar refractivity (Wildman–Crippen MR) is 72.1 cm³/mol. The Morgan fingerprint density at radius 1 is 1.33 bits per heavy atom. The van der Waals surface area contributed by atoms with Crippen molar-refractivity contribution < 1.29 is 0 Å². The van der Waals surface area contributed by atoms with Gasteiger partial charge in [0.1, 0.15) is 5.01 Å². The summed E-state index contributed by atoms with van der Waals surface area (Å²) in [4.78, 5) is 0.948. The van der Waals surface area contributed by atoms with Crippen LogP contribution in [0.15, 0.2) is 0 Å². The van der Waals surface area contributed by atoms with Gasteiger partial charge in [-0.1, -0.05) is 31.1 Å². The third kappa shape index (κ3) is 2.27. The molecule has 18 heavy (non-hydrogen) atoms. The highest BCUT2D eigenvalue weighted by atomic mass is 32.1. The van der Waals surface area contributed by atoms with E-state index in [2.05, 4.69) is 27.5 Å². The average Bonchev–Trinajstić information content (AvgIpc) is 3.03. The Morgan fingerprint density at radius 3 is 2.94 bits per heavy atom. The van der Waals surface area contributed by atoms with Crippen LogP contribution in [0, 0.1) is 0 Å². The maximum absolute atomic E-state index is 4.66.